The van der Waals surface area contributed by atoms with E-state index in [1.54, 1.807) is 42.5 Å². The van der Waals surface area contributed by atoms with Gasteiger partial charge in [-0.05, 0) is 18.2 Å². The van der Waals surface area contributed by atoms with E-state index in [-0.39, 0.29) is 12.3 Å². The smallest absolute Gasteiger partial charge is 0.297 e. The molecule has 0 unspecified atom stereocenters. The van der Waals surface area contributed by atoms with Gasteiger partial charge in [0.15, 0.2) is 5.78 Å². The molecule has 0 saturated carbocycles. The fourth-order valence-electron chi connectivity index (χ4n) is 2.29. The van der Waals surface area contributed by atoms with Crippen LogP contribution in [-0.4, -0.2) is 24.0 Å². The zero-order chi connectivity index (χ0) is 15.0. The van der Waals surface area contributed by atoms with Crippen molar-refractivity contribution in [3.8, 4) is 0 Å². The second kappa shape index (κ2) is 5.26. The summed E-state index contributed by atoms with van der Waals surface area (Å²) in [5.41, 5.74) is 1.33. The zero-order valence-electron chi connectivity index (χ0n) is 10.9. The topological polar surface area (TPSA) is 54.5 Å². The standard InChI is InChI=1S/C16H10BrNO3/c17-11-6-7-13-12(8-11)15(20)16(21)18(13)9-14(19)10-4-2-1-3-5-10/h1-8H,9H2. The van der Waals surface area contributed by atoms with E-state index in [1.165, 1.54) is 4.90 Å². The van der Waals surface area contributed by atoms with Crippen LogP contribution in [0.3, 0.4) is 0 Å². The summed E-state index contributed by atoms with van der Waals surface area (Å²) >= 11 is 3.27. The van der Waals surface area contributed by atoms with Crippen LogP contribution < -0.4 is 4.90 Å². The van der Waals surface area contributed by atoms with Crippen molar-refractivity contribution in [3.63, 3.8) is 0 Å². The summed E-state index contributed by atoms with van der Waals surface area (Å²) in [6.07, 6.45) is 0. The van der Waals surface area contributed by atoms with Gasteiger partial charge in [0.25, 0.3) is 11.7 Å². The van der Waals surface area contributed by atoms with Crippen LogP contribution in [0.15, 0.2) is 53.0 Å². The van der Waals surface area contributed by atoms with Gasteiger partial charge in [0.1, 0.15) is 0 Å². The van der Waals surface area contributed by atoms with Crippen LogP contribution in [0.4, 0.5) is 5.69 Å². The average Bonchev–Trinajstić information content (AvgIpc) is 2.73. The summed E-state index contributed by atoms with van der Waals surface area (Å²) in [5, 5.41) is 0. The van der Waals surface area contributed by atoms with Gasteiger partial charge in [-0.15, -0.1) is 0 Å². The van der Waals surface area contributed by atoms with Crippen molar-refractivity contribution < 1.29 is 14.4 Å². The number of carbonyl (C=O) groups is 3. The van der Waals surface area contributed by atoms with Crippen LogP contribution in [0.25, 0.3) is 0 Å². The first-order chi connectivity index (χ1) is 10.1. The lowest BCUT2D eigenvalue weighted by atomic mass is 10.1. The van der Waals surface area contributed by atoms with Crippen molar-refractivity contribution in [2.75, 3.05) is 11.4 Å². The molecule has 0 saturated heterocycles. The minimum absolute atomic E-state index is 0.136. The summed E-state index contributed by atoms with van der Waals surface area (Å²) in [5.74, 6) is -1.44. The van der Waals surface area contributed by atoms with Gasteiger partial charge in [0.05, 0.1) is 17.8 Å². The van der Waals surface area contributed by atoms with Gasteiger partial charge in [0, 0.05) is 10.0 Å². The van der Waals surface area contributed by atoms with E-state index < -0.39 is 11.7 Å². The highest BCUT2D eigenvalue weighted by molar-refractivity contribution is 9.10. The van der Waals surface area contributed by atoms with Gasteiger partial charge < -0.3 is 0 Å². The predicted molar refractivity (Wildman–Crippen MR) is 81.6 cm³/mol. The lowest BCUT2D eigenvalue weighted by molar-refractivity contribution is -0.114. The quantitative estimate of drug-likeness (QED) is 0.636. The Morgan fingerprint density at radius 1 is 1.05 bits per heavy atom. The number of hydrogen-bond acceptors (Lipinski definition) is 3. The summed E-state index contributed by atoms with van der Waals surface area (Å²) in [6.45, 7) is -0.136. The van der Waals surface area contributed by atoms with Crippen LogP contribution in [0.5, 0.6) is 0 Å². The molecule has 0 fully saturated rings. The molecule has 21 heavy (non-hydrogen) atoms. The largest absolute Gasteiger partial charge is 0.299 e. The van der Waals surface area contributed by atoms with Gasteiger partial charge in [-0.25, -0.2) is 0 Å². The summed E-state index contributed by atoms with van der Waals surface area (Å²) in [6, 6.07) is 13.7. The van der Waals surface area contributed by atoms with Gasteiger partial charge in [-0.2, -0.15) is 0 Å². The molecular formula is C16H10BrNO3. The number of benzene rings is 2. The summed E-state index contributed by atoms with van der Waals surface area (Å²) < 4.78 is 0.721. The molecule has 1 aliphatic rings. The third kappa shape index (κ3) is 2.40. The normalized spacial score (nSPS) is 13.5. The Hall–Kier alpha value is -2.27. The molecule has 2 aromatic carbocycles. The first-order valence-corrected chi connectivity index (χ1v) is 7.11. The number of nitrogens with zero attached hydrogens (tertiary/aromatic N) is 1. The first-order valence-electron chi connectivity index (χ1n) is 6.32. The Morgan fingerprint density at radius 2 is 1.76 bits per heavy atom. The van der Waals surface area contributed by atoms with Crippen molar-refractivity contribution in [1.29, 1.82) is 0 Å². The molecule has 4 nitrogen and oxygen atoms in total. The monoisotopic (exact) mass is 343 g/mol. The van der Waals surface area contributed by atoms with E-state index in [0.717, 1.165) is 4.47 Å². The molecule has 0 aromatic heterocycles. The molecule has 0 N–H and O–H groups in total. The molecule has 0 spiro atoms. The van der Waals surface area contributed by atoms with Crippen LogP contribution in [0.2, 0.25) is 0 Å². The number of ketones is 2. The summed E-state index contributed by atoms with van der Waals surface area (Å²) in [7, 11) is 0. The lowest BCUT2D eigenvalue weighted by Gasteiger charge is -2.15. The highest BCUT2D eigenvalue weighted by atomic mass is 79.9. The fourth-order valence-corrected chi connectivity index (χ4v) is 2.65. The Morgan fingerprint density at radius 3 is 2.48 bits per heavy atom. The van der Waals surface area contributed by atoms with Crippen molar-refractivity contribution in [1.82, 2.24) is 0 Å². The van der Waals surface area contributed by atoms with E-state index >= 15 is 0 Å². The van der Waals surface area contributed by atoms with E-state index in [2.05, 4.69) is 15.9 Å². The Bertz CT molecular complexity index is 755. The maximum atomic E-state index is 12.2. The van der Waals surface area contributed by atoms with Crippen LogP contribution in [0.1, 0.15) is 20.7 Å². The Balaban J connectivity index is 1.92. The Kier molecular flexibility index (Phi) is 3.43. The Labute approximate surface area is 129 Å². The highest BCUT2D eigenvalue weighted by Gasteiger charge is 2.36. The second-order valence-corrected chi connectivity index (χ2v) is 5.59. The number of halogens is 1. The van der Waals surface area contributed by atoms with Crippen molar-refractivity contribution >= 4 is 39.1 Å². The van der Waals surface area contributed by atoms with Gasteiger partial charge >= 0.3 is 0 Å². The molecule has 3 rings (SSSR count). The van der Waals surface area contributed by atoms with Crippen LogP contribution in [-0.2, 0) is 4.79 Å². The molecule has 1 amide bonds. The van der Waals surface area contributed by atoms with E-state index in [4.69, 9.17) is 0 Å². The zero-order valence-corrected chi connectivity index (χ0v) is 12.5. The SMILES string of the molecule is O=C(CN1C(=O)C(=O)c2cc(Br)ccc21)c1ccccc1. The maximum absolute atomic E-state index is 12.2. The average molecular weight is 344 g/mol. The molecular weight excluding hydrogens is 334 g/mol. The fraction of sp³-hybridized carbons (Fsp3) is 0.0625. The number of fused-ring (bicyclic) bond motifs is 1. The molecule has 104 valence electrons. The minimum atomic E-state index is -0.660. The molecule has 0 aliphatic carbocycles. The predicted octanol–water partition coefficient (Wildman–Crippen LogP) is 2.86. The van der Waals surface area contributed by atoms with Gasteiger partial charge in [0.2, 0.25) is 0 Å². The molecule has 0 bridgehead atoms. The van der Waals surface area contributed by atoms with Crippen molar-refractivity contribution in [3.05, 3.63) is 64.1 Å². The van der Waals surface area contributed by atoms with Crippen LogP contribution in [0, 0.1) is 0 Å². The van der Waals surface area contributed by atoms with Gasteiger partial charge in [-0.3, -0.25) is 19.3 Å². The number of carbonyl (C=O) groups excluding carboxylic acids is 3. The number of hydrogen-bond donors (Lipinski definition) is 0. The van der Waals surface area contributed by atoms with E-state index in [0.29, 0.717) is 16.8 Å². The van der Waals surface area contributed by atoms with Crippen molar-refractivity contribution in [2.24, 2.45) is 0 Å². The number of Topliss-reactive ketones (excluding diaryl/α,β-unsaturated/α-hetero) is 2. The van der Waals surface area contributed by atoms with Gasteiger partial charge in [-0.1, -0.05) is 46.3 Å². The molecule has 2 aromatic rings. The van der Waals surface area contributed by atoms with Crippen molar-refractivity contribution in [2.45, 2.75) is 0 Å². The second-order valence-electron chi connectivity index (χ2n) is 4.67. The molecule has 0 atom stereocenters. The first kappa shape index (κ1) is 13.7. The number of anilines is 1. The van der Waals surface area contributed by atoms with E-state index in [9.17, 15) is 14.4 Å². The third-order valence-electron chi connectivity index (χ3n) is 3.33. The highest BCUT2D eigenvalue weighted by Crippen LogP contribution is 2.31. The molecule has 1 aliphatic heterocycles. The molecule has 1 heterocycles. The van der Waals surface area contributed by atoms with E-state index in [1.807, 2.05) is 6.07 Å². The number of amides is 1. The minimum Gasteiger partial charge on any atom is -0.297 e. The molecule has 0 radical (unpaired) electrons. The maximum Gasteiger partial charge on any atom is 0.299 e. The lowest BCUT2D eigenvalue weighted by Crippen LogP contribution is -2.34. The number of rotatable bonds is 3. The molecule has 5 heteroatoms. The van der Waals surface area contributed by atoms with Crippen LogP contribution >= 0.6 is 15.9 Å². The summed E-state index contributed by atoms with van der Waals surface area (Å²) in [4.78, 5) is 37.5. The third-order valence-corrected chi connectivity index (χ3v) is 3.82.